The summed E-state index contributed by atoms with van der Waals surface area (Å²) < 4.78 is 13.1. The Hall–Kier alpha value is -2.11. The summed E-state index contributed by atoms with van der Waals surface area (Å²) in [5, 5.41) is 2.80. The Morgan fingerprint density at radius 1 is 1.33 bits per heavy atom. The molecule has 1 aliphatic rings. The lowest BCUT2D eigenvalue weighted by Crippen LogP contribution is -2.49. The molecule has 0 spiro atoms. The smallest absolute Gasteiger partial charge is 0.317 e. The highest BCUT2D eigenvalue weighted by Crippen LogP contribution is 2.21. The molecule has 5 nitrogen and oxygen atoms in total. The normalized spacial score (nSPS) is 18.7. The van der Waals surface area contributed by atoms with Crippen molar-refractivity contribution < 1.29 is 14.0 Å². The largest absolute Gasteiger partial charge is 0.338 e. The van der Waals surface area contributed by atoms with Crippen LogP contribution in [0.25, 0.3) is 0 Å². The van der Waals surface area contributed by atoms with Crippen LogP contribution >= 0.6 is 0 Å². The van der Waals surface area contributed by atoms with Gasteiger partial charge < -0.3 is 15.1 Å². The van der Waals surface area contributed by atoms with E-state index in [1.807, 2.05) is 11.8 Å². The summed E-state index contributed by atoms with van der Waals surface area (Å²) in [6.45, 7) is 7.92. The van der Waals surface area contributed by atoms with Crippen LogP contribution in [-0.2, 0) is 11.3 Å². The minimum absolute atomic E-state index is 0.0322. The fourth-order valence-electron chi connectivity index (χ4n) is 2.98. The van der Waals surface area contributed by atoms with E-state index in [1.54, 1.807) is 17.0 Å². The Labute approximate surface area is 142 Å². The van der Waals surface area contributed by atoms with Gasteiger partial charge in [0.2, 0.25) is 5.91 Å². The van der Waals surface area contributed by atoms with Crippen LogP contribution in [0.15, 0.2) is 24.3 Å². The number of nitrogens with one attached hydrogen (secondary N) is 1. The minimum Gasteiger partial charge on any atom is -0.338 e. The minimum atomic E-state index is -0.288. The summed E-state index contributed by atoms with van der Waals surface area (Å²) in [5.41, 5.74) is 0.891. The number of hydrogen-bond donors (Lipinski definition) is 1. The van der Waals surface area contributed by atoms with Gasteiger partial charge in [0.1, 0.15) is 5.82 Å². The summed E-state index contributed by atoms with van der Waals surface area (Å²) in [5.74, 6) is -0.0435. The van der Waals surface area contributed by atoms with E-state index in [0.717, 1.165) is 5.56 Å². The fraction of sp³-hybridized carbons (Fsp3) is 0.556. The van der Waals surface area contributed by atoms with Gasteiger partial charge >= 0.3 is 6.03 Å². The SMILES string of the molecule is CCNC(=O)N1CCC(=O)N(Cc2ccc(F)cc2)[C@@H](C(C)C)C1. The van der Waals surface area contributed by atoms with Gasteiger partial charge in [0, 0.05) is 32.6 Å². The van der Waals surface area contributed by atoms with Crippen molar-refractivity contribution in [1.29, 1.82) is 0 Å². The van der Waals surface area contributed by atoms with Crippen LogP contribution in [0.4, 0.5) is 9.18 Å². The molecule has 1 aliphatic heterocycles. The number of nitrogens with zero attached hydrogens (tertiary/aromatic N) is 2. The lowest BCUT2D eigenvalue weighted by atomic mass is 10.0. The maximum atomic E-state index is 13.1. The van der Waals surface area contributed by atoms with Gasteiger partial charge in [-0.05, 0) is 30.5 Å². The van der Waals surface area contributed by atoms with Crippen molar-refractivity contribution in [2.75, 3.05) is 19.6 Å². The zero-order valence-electron chi connectivity index (χ0n) is 14.6. The number of carbonyl (C=O) groups excluding carboxylic acids is 2. The molecule has 0 aliphatic carbocycles. The highest BCUT2D eigenvalue weighted by atomic mass is 19.1. The number of urea groups is 1. The maximum absolute atomic E-state index is 13.1. The van der Waals surface area contributed by atoms with Crippen LogP contribution in [0.2, 0.25) is 0 Å². The van der Waals surface area contributed by atoms with E-state index in [2.05, 4.69) is 19.2 Å². The standard InChI is InChI=1S/C18H26FN3O2/c1-4-20-18(24)21-10-9-17(23)22(16(12-21)13(2)3)11-14-5-7-15(19)8-6-14/h5-8,13,16H,4,9-12H2,1-3H3,(H,20,24)/t16-/m1/s1. The van der Waals surface area contributed by atoms with Gasteiger partial charge in [-0.3, -0.25) is 4.79 Å². The fourth-order valence-corrected chi connectivity index (χ4v) is 2.98. The number of hydrogen-bond acceptors (Lipinski definition) is 2. The Morgan fingerprint density at radius 3 is 2.58 bits per heavy atom. The molecule has 0 saturated carbocycles. The van der Waals surface area contributed by atoms with E-state index in [0.29, 0.717) is 32.6 Å². The monoisotopic (exact) mass is 335 g/mol. The van der Waals surface area contributed by atoms with Gasteiger partial charge in [0.15, 0.2) is 0 Å². The molecule has 0 aromatic heterocycles. The predicted molar refractivity (Wildman–Crippen MR) is 90.8 cm³/mol. The van der Waals surface area contributed by atoms with E-state index in [4.69, 9.17) is 0 Å². The molecule has 1 aromatic rings. The predicted octanol–water partition coefficient (Wildman–Crippen LogP) is 2.61. The average Bonchev–Trinajstić information content (AvgIpc) is 2.70. The van der Waals surface area contributed by atoms with Gasteiger partial charge in [-0.15, -0.1) is 0 Å². The third-order valence-corrected chi connectivity index (χ3v) is 4.37. The lowest BCUT2D eigenvalue weighted by molar-refractivity contribution is -0.134. The summed E-state index contributed by atoms with van der Waals surface area (Å²) in [7, 11) is 0. The third-order valence-electron chi connectivity index (χ3n) is 4.37. The second-order valence-electron chi connectivity index (χ2n) is 6.49. The summed E-state index contributed by atoms with van der Waals surface area (Å²) in [6, 6.07) is 6.03. The first kappa shape index (κ1) is 18.2. The van der Waals surface area contributed by atoms with Crippen LogP contribution in [0, 0.1) is 11.7 Å². The number of carbonyl (C=O) groups is 2. The van der Waals surface area contributed by atoms with Crippen molar-refractivity contribution in [1.82, 2.24) is 15.1 Å². The van der Waals surface area contributed by atoms with Gasteiger partial charge in [0.05, 0.1) is 6.04 Å². The van der Waals surface area contributed by atoms with Crippen LogP contribution in [0.5, 0.6) is 0 Å². The average molecular weight is 335 g/mol. The number of benzene rings is 1. The molecule has 1 saturated heterocycles. The van der Waals surface area contributed by atoms with Crippen molar-refractivity contribution in [2.45, 2.75) is 39.8 Å². The van der Waals surface area contributed by atoms with E-state index in [1.165, 1.54) is 12.1 Å². The Balaban J connectivity index is 2.19. The van der Waals surface area contributed by atoms with Gasteiger partial charge in [-0.2, -0.15) is 0 Å². The summed E-state index contributed by atoms with van der Waals surface area (Å²) in [6.07, 6.45) is 0.307. The maximum Gasteiger partial charge on any atom is 0.317 e. The molecule has 1 N–H and O–H groups in total. The lowest BCUT2D eigenvalue weighted by Gasteiger charge is -2.34. The molecule has 0 bridgehead atoms. The van der Waals surface area contributed by atoms with Gasteiger partial charge in [0.25, 0.3) is 0 Å². The molecule has 6 heteroatoms. The van der Waals surface area contributed by atoms with Crippen molar-refractivity contribution in [3.05, 3.63) is 35.6 Å². The highest BCUT2D eigenvalue weighted by molar-refractivity contribution is 5.80. The van der Waals surface area contributed by atoms with Gasteiger partial charge in [-0.1, -0.05) is 26.0 Å². The molecule has 1 aromatic carbocycles. The van der Waals surface area contributed by atoms with Crippen molar-refractivity contribution in [3.63, 3.8) is 0 Å². The van der Waals surface area contributed by atoms with Crippen LogP contribution in [0.1, 0.15) is 32.8 Å². The number of amides is 3. The van der Waals surface area contributed by atoms with Gasteiger partial charge in [-0.25, -0.2) is 9.18 Å². The molecule has 132 valence electrons. The molecule has 3 amide bonds. The highest BCUT2D eigenvalue weighted by Gasteiger charge is 2.33. The molecule has 24 heavy (non-hydrogen) atoms. The van der Waals surface area contributed by atoms with E-state index >= 15 is 0 Å². The van der Waals surface area contributed by atoms with Crippen molar-refractivity contribution >= 4 is 11.9 Å². The Bertz CT molecular complexity index is 574. The second kappa shape index (κ2) is 8.13. The molecular formula is C18H26FN3O2. The van der Waals surface area contributed by atoms with Crippen LogP contribution in [-0.4, -0.2) is 47.4 Å². The molecule has 0 unspecified atom stereocenters. The Kier molecular flexibility index (Phi) is 6.17. The van der Waals surface area contributed by atoms with Crippen LogP contribution in [0.3, 0.4) is 0 Å². The molecule has 0 radical (unpaired) electrons. The molecule has 2 rings (SSSR count). The van der Waals surface area contributed by atoms with E-state index in [-0.39, 0.29) is 29.7 Å². The molecule has 1 fully saturated rings. The zero-order chi connectivity index (χ0) is 17.7. The molecular weight excluding hydrogens is 309 g/mol. The van der Waals surface area contributed by atoms with Crippen LogP contribution < -0.4 is 5.32 Å². The first-order valence-corrected chi connectivity index (χ1v) is 8.49. The van der Waals surface area contributed by atoms with E-state index < -0.39 is 0 Å². The summed E-state index contributed by atoms with van der Waals surface area (Å²) >= 11 is 0. The quantitative estimate of drug-likeness (QED) is 0.919. The van der Waals surface area contributed by atoms with Crippen molar-refractivity contribution in [2.24, 2.45) is 5.92 Å². The number of halogens is 1. The summed E-state index contributed by atoms with van der Waals surface area (Å²) in [4.78, 5) is 28.3. The first-order chi connectivity index (χ1) is 11.4. The zero-order valence-corrected chi connectivity index (χ0v) is 14.6. The molecule has 1 atom stereocenters. The third kappa shape index (κ3) is 4.46. The first-order valence-electron chi connectivity index (χ1n) is 8.49. The van der Waals surface area contributed by atoms with Crippen molar-refractivity contribution in [3.8, 4) is 0 Å². The number of rotatable bonds is 4. The van der Waals surface area contributed by atoms with E-state index in [9.17, 15) is 14.0 Å². The molecule has 1 heterocycles. The second-order valence-corrected chi connectivity index (χ2v) is 6.49. The Morgan fingerprint density at radius 2 is 2.00 bits per heavy atom. The topological polar surface area (TPSA) is 52.7 Å².